The lowest BCUT2D eigenvalue weighted by molar-refractivity contribution is -0.111. The summed E-state index contributed by atoms with van der Waals surface area (Å²) in [7, 11) is 1.69. The zero-order chi connectivity index (χ0) is 20.7. The Morgan fingerprint density at radius 3 is 2.80 bits per heavy atom. The molecular formula is C23H30O6S. The van der Waals surface area contributed by atoms with Crippen LogP contribution in [0, 0.1) is 11.3 Å². The van der Waals surface area contributed by atoms with Gasteiger partial charge in [-0.15, -0.1) is 11.8 Å². The van der Waals surface area contributed by atoms with E-state index in [0.717, 1.165) is 19.3 Å². The minimum atomic E-state index is -0.388. The van der Waals surface area contributed by atoms with Crippen molar-refractivity contribution in [2.24, 2.45) is 11.3 Å². The molecule has 3 aliphatic heterocycles. The average Bonchev–Trinajstić information content (AvgIpc) is 3.62. The molecule has 0 N–H and O–H groups in total. The van der Waals surface area contributed by atoms with Gasteiger partial charge in [0.1, 0.15) is 29.5 Å². The molecule has 9 atom stereocenters. The van der Waals surface area contributed by atoms with Gasteiger partial charge in [-0.1, -0.05) is 20.8 Å². The van der Waals surface area contributed by atoms with Crippen molar-refractivity contribution in [1.29, 1.82) is 0 Å². The Labute approximate surface area is 181 Å². The van der Waals surface area contributed by atoms with Crippen molar-refractivity contribution < 1.29 is 28.1 Å². The molecule has 6 aliphatic rings. The summed E-state index contributed by atoms with van der Waals surface area (Å²) in [6.45, 7) is 6.91. The van der Waals surface area contributed by atoms with Gasteiger partial charge in [0, 0.05) is 16.5 Å². The van der Waals surface area contributed by atoms with E-state index < -0.39 is 0 Å². The van der Waals surface area contributed by atoms with Crippen molar-refractivity contribution in [1.82, 2.24) is 0 Å². The molecule has 0 bridgehead atoms. The maximum absolute atomic E-state index is 6.78. The van der Waals surface area contributed by atoms with Crippen LogP contribution in [0.4, 0.5) is 0 Å². The molecule has 30 heavy (non-hydrogen) atoms. The summed E-state index contributed by atoms with van der Waals surface area (Å²) in [5, 5.41) is 0. The van der Waals surface area contributed by atoms with Crippen molar-refractivity contribution in [2.75, 3.05) is 19.3 Å². The minimum Gasteiger partial charge on any atom is -0.468 e. The maximum Gasteiger partial charge on any atom is 0.287 e. The summed E-state index contributed by atoms with van der Waals surface area (Å²) < 4.78 is 37.8. The van der Waals surface area contributed by atoms with Gasteiger partial charge >= 0.3 is 0 Å². The number of hydrogen-bond acceptors (Lipinski definition) is 7. The zero-order valence-electron chi connectivity index (χ0n) is 18.2. The molecule has 5 fully saturated rings. The molecule has 0 amide bonds. The number of methoxy groups -OCH3 is 1. The summed E-state index contributed by atoms with van der Waals surface area (Å²) in [5.41, 5.74) is 1.47. The first-order valence-corrected chi connectivity index (χ1v) is 12.6. The predicted octanol–water partition coefficient (Wildman–Crippen LogP) is 3.52. The van der Waals surface area contributed by atoms with Crippen LogP contribution < -0.4 is 4.74 Å². The lowest BCUT2D eigenvalue weighted by atomic mass is 9.47. The van der Waals surface area contributed by atoms with E-state index >= 15 is 0 Å². The Hall–Kier alpha value is -0.730. The van der Waals surface area contributed by atoms with Gasteiger partial charge in [-0.05, 0) is 37.4 Å². The average molecular weight is 435 g/mol. The topological polar surface area (TPSA) is 69.2 Å². The molecule has 7 rings (SSSR count). The van der Waals surface area contributed by atoms with E-state index in [1.54, 1.807) is 18.9 Å². The van der Waals surface area contributed by atoms with Gasteiger partial charge in [0.05, 0.1) is 25.4 Å². The second kappa shape index (κ2) is 5.42. The smallest absolute Gasteiger partial charge is 0.287 e. The molecule has 0 unspecified atom stereocenters. The first-order valence-electron chi connectivity index (χ1n) is 11.2. The third-order valence-corrected chi connectivity index (χ3v) is 9.82. The van der Waals surface area contributed by atoms with Crippen LogP contribution in [-0.4, -0.2) is 60.5 Å². The molecule has 1 aromatic rings. The van der Waals surface area contributed by atoms with Crippen LogP contribution in [0.2, 0.25) is 0 Å². The first-order chi connectivity index (χ1) is 14.4. The lowest BCUT2D eigenvalue weighted by Crippen LogP contribution is -2.69. The summed E-state index contributed by atoms with van der Waals surface area (Å²) in [6, 6.07) is 0. The van der Waals surface area contributed by atoms with Crippen LogP contribution in [0.3, 0.4) is 0 Å². The van der Waals surface area contributed by atoms with Crippen LogP contribution in [-0.2, 0) is 25.4 Å². The van der Waals surface area contributed by atoms with Crippen molar-refractivity contribution in [2.45, 2.75) is 87.2 Å². The number of furan rings is 1. The molecule has 7 heteroatoms. The monoisotopic (exact) mass is 434 g/mol. The lowest BCUT2D eigenvalue weighted by Gasteiger charge is -2.53. The molecule has 2 saturated carbocycles. The van der Waals surface area contributed by atoms with Crippen LogP contribution in [0.25, 0.3) is 0 Å². The van der Waals surface area contributed by atoms with Crippen LogP contribution >= 0.6 is 11.8 Å². The number of hydrogen-bond donors (Lipinski definition) is 0. The zero-order valence-corrected chi connectivity index (χ0v) is 19.0. The van der Waals surface area contributed by atoms with Gasteiger partial charge < -0.3 is 28.1 Å². The van der Waals surface area contributed by atoms with E-state index in [9.17, 15) is 0 Å². The highest BCUT2D eigenvalue weighted by Gasteiger charge is 3.00. The van der Waals surface area contributed by atoms with E-state index in [4.69, 9.17) is 28.1 Å². The summed E-state index contributed by atoms with van der Waals surface area (Å²) in [6.07, 6.45) is 7.21. The molecule has 6 nitrogen and oxygen atoms in total. The largest absolute Gasteiger partial charge is 0.468 e. The van der Waals surface area contributed by atoms with Crippen LogP contribution in [0.5, 0.6) is 5.95 Å². The molecule has 3 saturated heterocycles. The molecule has 0 aromatic carbocycles. The van der Waals surface area contributed by atoms with Crippen molar-refractivity contribution in [3.05, 3.63) is 17.4 Å². The first kappa shape index (κ1) is 18.8. The second-order valence-electron chi connectivity index (χ2n) is 10.5. The van der Waals surface area contributed by atoms with Gasteiger partial charge in [-0.25, -0.2) is 0 Å². The Morgan fingerprint density at radius 1 is 1.23 bits per heavy atom. The molecular weight excluding hydrogens is 404 g/mol. The molecule has 4 heterocycles. The number of fused-ring (bicyclic) bond motifs is 5. The van der Waals surface area contributed by atoms with E-state index in [2.05, 4.69) is 27.0 Å². The number of epoxide rings is 3. The fourth-order valence-corrected chi connectivity index (χ4v) is 8.33. The third kappa shape index (κ3) is 1.70. The van der Waals surface area contributed by atoms with Crippen LogP contribution in [0.15, 0.2) is 10.7 Å². The van der Waals surface area contributed by atoms with E-state index in [0.29, 0.717) is 23.7 Å². The van der Waals surface area contributed by atoms with Gasteiger partial charge in [0.15, 0.2) is 5.60 Å². The Kier molecular flexibility index (Phi) is 3.40. The summed E-state index contributed by atoms with van der Waals surface area (Å²) in [4.78, 5) is 0. The molecule has 0 radical (unpaired) electrons. The van der Waals surface area contributed by atoms with Crippen molar-refractivity contribution in [3.63, 3.8) is 0 Å². The van der Waals surface area contributed by atoms with E-state index in [1.807, 2.05) is 6.26 Å². The summed E-state index contributed by atoms with van der Waals surface area (Å²) >= 11 is 1.71. The maximum atomic E-state index is 6.78. The van der Waals surface area contributed by atoms with Gasteiger partial charge in [-0.2, -0.15) is 0 Å². The Bertz CT molecular complexity index is 931. The number of rotatable bonds is 5. The second-order valence-corrected chi connectivity index (χ2v) is 11.4. The number of thioether (sulfide) groups is 1. The highest BCUT2D eigenvalue weighted by Crippen LogP contribution is 2.83. The van der Waals surface area contributed by atoms with E-state index in [1.165, 1.54) is 11.1 Å². The fraction of sp³-hybridized carbons (Fsp3) is 0.826. The van der Waals surface area contributed by atoms with Crippen molar-refractivity contribution in [3.8, 4) is 5.95 Å². The standard InChI is InChI=1S/C23H30O6S/c1-11(2)21-16(28-21)17-23(29-17)20(3)7-6-12-13(9-25-18(12)24-4)14(20)8-15-22(23,27-15)19(21)26-10-30-5/h9,11,14-17,19H,6-8,10H2,1-5H3/t14-,15-,16-,17-,19+,20-,21-,22+,23+/m0/s1. The van der Waals surface area contributed by atoms with Crippen LogP contribution in [0.1, 0.15) is 50.7 Å². The van der Waals surface area contributed by atoms with Gasteiger partial charge in [0.25, 0.3) is 5.95 Å². The Morgan fingerprint density at radius 2 is 2.07 bits per heavy atom. The minimum absolute atomic E-state index is 0.0391. The SMILES string of the molecule is COc1occ2c1CC[C@@]1(C)[C@H]2C[C@@H]2O[C@@]23[C@H](OCSC)[C@@]2(C(C)C)O[C@H]2[C@@H]2O[C@@]231. The summed E-state index contributed by atoms with van der Waals surface area (Å²) in [5.74, 6) is 2.01. The predicted molar refractivity (Wildman–Crippen MR) is 110 cm³/mol. The normalized spacial score (nSPS) is 53.6. The van der Waals surface area contributed by atoms with E-state index in [-0.39, 0.29) is 46.6 Å². The highest BCUT2D eigenvalue weighted by atomic mass is 32.2. The quantitative estimate of drug-likeness (QED) is 0.519. The highest BCUT2D eigenvalue weighted by molar-refractivity contribution is 7.98. The Balaban J connectivity index is 1.35. The fourth-order valence-electron chi connectivity index (χ4n) is 8.06. The molecule has 164 valence electrons. The van der Waals surface area contributed by atoms with Crippen molar-refractivity contribution >= 4 is 11.8 Å². The number of ether oxygens (including phenoxy) is 5. The molecule has 3 aliphatic carbocycles. The van der Waals surface area contributed by atoms with Gasteiger partial charge in [-0.3, -0.25) is 0 Å². The molecule has 1 aromatic heterocycles. The van der Waals surface area contributed by atoms with Gasteiger partial charge in [0.2, 0.25) is 0 Å². The third-order valence-electron chi connectivity index (χ3n) is 9.45. The molecule has 2 spiro atoms.